The molecule has 0 radical (unpaired) electrons. The molecule has 1 aromatic carbocycles. The Morgan fingerprint density at radius 2 is 1.79 bits per heavy atom. The van der Waals surface area contributed by atoms with Crippen molar-refractivity contribution in [3.05, 3.63) is 34.7 Å². The molecule has 1 aliphatic rings. The Balaban J connectivity index is 1.47. The van der Waals surface area contributed by atoms with Gasteiger partial charge < -0.3 is 10.1 Å². The highest BCUT2D eigenvalue weighted by Crippen LogP contribution is 2.25. The number of piperazine rings is 1. The van der Waals surface area contributed by atoms with Gasteiger partial charge in [-0.25, -0.2) is 4.98 Å². The van der Waals surface area contributed by atoms with Crippen LogP contribution in [-0.4, -0.2) is 66.1 Å². The quantitative estimate of drug-likeness (QED) is 0.805. The third-order valence-corrected chi connectivity index (χ3v) is 5.48. The molecule has 1 saturated heterocycles. The maximum absolute atomic E-state index is 12.1. The van der Waals surface area contributed by atoms with Crippen molar-refractivity contribution in [2.24, 2.45) is 0 Å². The van der Waals surface area contributed by atoms with E-state index in [0.29, 0.717) is 6.54 Å². The van der Waals surface area contributed by atoms with Crippen molar-refractivity contribution in [3.8, 4) is 17.0 Å². The summed E-state index contributed by atoms with van der Waals surface area (Å²) >= 11 is 1.70. The Labute approximate surface area is 171 Å². The predicted molar refractivity (Wildman–Crippen MR) is 114 cm³/mol. The number of ether oxygens (including phenoxy) is 1. The summed E-state index contributed by atoms with van der Waals surface area (Å²) in [5, 5.41) is 6.28. The van der Waals surface area contributed by atoms with Crippen LogP contribution >= 0.6 is 11.3 Å². The smallest absolute Gasteiger partial charge is 0.234 e. The summed E-state index contributed by atoms with van der Waals surface area (Å²) in [6.45, 7) is 11.1. The molecule has 7 heteroatoms. The molecular weight excluding hydrogens is 372 g/mol. The summed E-state index contributed by atoms with van der Waals surface area (Å²) in [4.78, 5) is 21.5. The number of nitrogens with one attached hydrogen (secondary N) is 1. The van der Waals surface area contributed by atoms with Gasteiger partial charge in [0.2, 0.25) is 5.91 Å². The molecule has 1 amide bonds. The highest BCUT2D eigenvalue weighted by Gasteiger charge is 2.21. The van der Waals surface area contributed by atoms with E-state index in [2.05, 4.69) is 20.5 Å². The molecule has 0 spiro atoms. The third kappa shape index (κ3) is 6.02. The minimum Gasteiger partial charge on any atom is -0.497 e. The number of amides is 1. The van der Waals surface area contributed by atoms with Crippen molar-refractivity contribution < 1.29 is 9.53 Å². The van der Waals surface area contributed by atoms with Crippen LogP contribution in [0.5, 0.6) is 5.75 Å². The monoisotopic (exact) mass is 402 g/mol. The number of carbonyl (C=O) groups is 1. The fourth-order valence-electron chi connectivity index (χ4n) is 3.24. The fraction of sp³-hybridized carbons (Fsp3) is 0.524. The zero-order valence-corrected chi connectivity index (χ0v) is 18.0. The molecule has 28 heavy (non-hydrogen) atoms. The van der Waals surface area contributed by atoms with Crippen LogP contribution in [0.4, 0.5) is 0 Å². The topological polar surface area (TPSA) is 57.7 Å². The lowest BCUT2D eigenvalue weighted by molar-refractivity contribution is -0.124. The van der Waals surface area contributed by atoms with E-state index < -0.39 is 0 Å². The Hall–Kier alpha value is -1.96. The lowest BCUT2D eigenvalue weighted by atomic mass is 10.1. The molecule has 1 aliphatic heterocycles. The minimum absolute atomic E-state index is 0.102. The Morgan fingerprint density at radius 1 is 1.14 bits per heavy atom. The summed E-state index contributed by atoms with van der Waals surface area (Å²) < 4.78 is 5.21. The molecular formula is C21H30N4O2S. The van der Waals surface area contributed by atoms with Gasteiger partial charge in [-0.3, -0.25) is 14.6 Å². The number of rotatable bonds is 6. The zero-order chi connectivity index (χ0) is 20.1. The molecule has 1 N–H and O–H groups in total. The number of thiazole rings is 1. The van der Waals surface area contributed by atoms with Crippen LogP contribution in [0, 0.1) is 0 Å². The largest absolute Gasteiger partial charge is 0.497 e. The number of aromatic nitrogens is 1. The second-order valence-electron chi connectivity index (χ2n) is 8.21. The number of nitrogens with zero attached hydrogens (tertiary/aromatic N) is 3. The fourth-order valence-corrected chi connectivity index (χ4v) is 4.08. The van der Waals surface area contributed by atoms with E-state index in [0.717, 1.165) is 54.7 Å². The molecule has 6 nitrogen and oxygen atoms in total. The number of hydrogen-bond donors (Lipinski definition) is 1. The summed E-state index contributed by atoms with van der Waals surface area (Å²) in [5.74, 6) is 0.957. The van der Waals surface area contributed by atoms with Crippen molar-refractivity contribution in [2.45, 2.75) is 32.9 Å². The Bertz CT molecular complexity index is 774. The normalized spacial score (nSPS) is 16.1. The van der Waals surface area contributed by atoms with Crippen molar-refractivity contribution in [1.82, 2.24) is 20.1 Å². The van der Waals surface area contributed by atoms with Gasteiger partial charge in [-0.1, -0.05) is 0 Å². The first-order valence-corrected chi connectivity index (χ1v) is 10.5. The van der Waals surface area contributed by atoms with Gasteiger partial charge in [-0.2, -0.15) is 0 Å². The average molecular weight is 403 g/mol. The maximum Gasteiger partial charge on any atom is 0.234 e. The van der Waals surface area contributed by atoms with Gasteiger partial charge in [0.1, 0.15) is 10.8 Å². The van der Waals surface area contributed by atoms with Crippen LogP contribution in [0.1, 0.15) is 25.8 Å². The molecule has 2 heterocycles. The van der Waals surface area contributed by atoms with Crippen LogP contribution in [-0.2, 0) is 11.3 Å². The molecule has 1 aromatic heterocycles. The summed E-state index contributed by atoms with van der Waals surface area (Å²) in [5.41, 5.74) is 1.95. The van der Waals surface area contributed by atoms with E-state index in [1.54, 1.807) is 18.4 Å². The maximum atomic E-state index is 12.1. The van der Waals surface area contributed by atoms with Crippen molar-refractivity contribution in [3.63, 3.8) is 0 Å². The van der Waals surface area contributed by atoms with Gasteiger partial charge in [0, 0.05) is 42.7 Å². The summed E-state index contributed by atoms with van der Waals surface area (Å²) in [6.07, 6.45) is 0. The van der Waals surface area contributed by atoms with Crippen LogP contribution in [0.2, 0.25) is 0 Å². The van der Waals surface area contributed by atoms with E-state index in [1.807, 2.05) is 45.0 Å². The second-order valence-corrected chi connectivity index (χ2v) is 9.15. The number of methoxy groups -OCH3 is 1. The SMILES string of the molecule is COc1ccc(-c2csc(CN3CCN(CC(=O)NC(C)(C)C)CC3)n2)cc1. The van der Waals surface area contributed by atoms with Gasteiger partial charge in [-0.05, 0) is 45.0 Å². The van der Waals surface area contributed by atoms with Gasteiger partial charge >= 0.3 is 0 Å². The van der Waals surface area contributed by atoms with Gasteiger partial charge in [0.05, 0.1) is 25.9 Å². The van der Waals surface area contributed by atoms with Crippen molar-refractivity contribution in [2.75, 3.05) is 39.8 Å². The summed E-state index contributed by atoms with van der Waals surface area (Å²) in [6, 6.07) is 8.00. The van der Waals surface area contributed by atoms with E-state index >= 15 is 0 Å². The van der Waals surface area contributed by atoms with E-state index in [1.165, 1.54) is 0 Å². The molecule has 1 fully saturated rings. The first-order valence-electron chi connectivity index (χ1n) is 9.67. The zero-order valence-electron chi connectivity index (χ0n) is 17.2. The molecule has 2 aromatic rings. The Kier molecular flexibility index (Phi) is 6.69. The minimum atomic E-state index is -0.175. The lowest BCUT2D eigenvalue weighted by Crippen LogP contribution is -2.51. The third-order valence-electron chi connectivity index (χ3n) is 4.64. The lowest BCUT2D eigenvalue weighted by Gasteiger charge is -2.34. The van der Waals surface area contributed by atoms with Crippen molar-refractivity contribution in [1.29, 1.82) is 0 Å². The van der Waals surface area contributed by atoms with E-state index in [9.17, 15) is 4.79 Å². The number of hydrogen-bond acceptors (Lipinski definition) is 6. The highest BCUT2D eigenvalue weighted by molar-refractivity contribution is 7.09. The molecule has 0 atom stereocenters. The molecule has 0 saturated carbocycles. The first kappa shape index (κ1) is 20.8. The molecule has 0 bridgehead atoms. The van der Waals surface area contributed by atoms with Gasteiger partial charge in [-0.15, -0.1) is 11.3 Å². The predicted octanol–water partition coefficient (Wildman–Crippen LogP) is 2.85. The van der Waals surface area contributed by atoms with Crippen LogP contribution in [0.15, 0.2) is 29.6 Å². The highest BCUT2D eigenvalue weighted by atomic mass is 32.1. The van der Waals surface area contributed by atoms with Gasteiger partial charge in [0.25, 0.3) is 0 Å². The van der Waals surface area contributed by atoms with Crippen LogP contribution in [0.25, 0.3) is 11.3 Å². The number of benzene rings is 1. The molecule has 152 valence electrons. The second kappa shape index (κ2) is 9.03. The Morgan fingerprint density at radius 3 is 2.39 bits per heavy atom. The molecule has 0 unspecified atom stereocenters. The van der Waals surface area contributed by atoms with E-state index in [-0.39, 0.29) is 11.4 Å². The van der Waals surface area contributed by atoms with Crippen molar-refractivity contribution >= 4 is 17.2 Å². The summed E-state index contributed by atoms with van der Waals surface area (Å²) in [7, 11) is 1.67. The number of carbonyl (C=O) groups excluding carboxylic acids is 1. The van der Waals surface area contributed by atoms with Gasteiger partial charge in [0.15, 0.2) is 0 Å². The van der Waals surface area contributed by atoms with Crippen LogP contribution in [0.3, 0.4) is 0 Å². The molecule has 3 rings (SSSR count). The van der Waals surface area contributed by atoms with E-state index in [4.69, 9.17) is 9.72 Å². The molecule has 0 aliphatic carbocycles. The average Bonchev–Trinajstić information content (AvgIpc) is 3.10. The first-order chi connectivity index (χ1) is 13.3. The van der Waals surface area contributed by atoms with Crippen LogP contribution < -0.4 is 10.1 Å². The standard InChI is InChI=1S/C21H30N4O2S/c1-21(2,3)23-19(26)13-24-9-11-25(12-10-24)14-20-22-18(15-28-20)16-5-7-17(27-4)8-6-16/h5-8,15H,9-14H2,1-4H3,(H,23,26).